The molecule has 0 atom stereocenters. The fraction of sp³-hybridized carbons (Fsp3) is 0.250. The first kappa shape index (κ1) is 19.5. The summed E-state index contributed by atoms with van der Waals surface area (Å²) in [5.74, 6) is -0.771. The first-order valence-electron chi connectivity index (χ1n) is 8.67. The summed E-state index contributed by atoms with van der Waals surface area (Å²) < 4.78 is 29.3. The second kappa shape index (κ2) is 8.60. The Balaban J connectivity index is 1.60. The number of alkyl halides is 2. The van der Waals surface area contributed by atoms with Gasteiger partial charge in [-0.25, -0.2) is 0 Å². The van der Waals surface area contributed by atoms with E-state index in [0.717, 1.165) is 5.56 Å². The lowest BCUT2D eigenvalue weighted by molar-refractivity contribution is -0.139. The molecule has 0 unspecified atom stereocenters. The molecular weight excluding hydrogens is 370 g/mol. The van der Waals surface area contributed by atoms with Gasteiger partial charge in [-0.05, 0) is 23.8 Å². The van der Waals surface area contributed by atoms with E-state index < -0.39 is 6.61 Å². The molecule has 146 valence electrons. The number of amides is 3. The number of halogens is 2. The van der Waals surface area contributed by atoms with E-state index in [1.165, 1.54) is 11.0 Å². The maximum atomic E-state index is 12.4. The van der Waals surface area contributed by atoms with Crippen LogP contribution < -0.4 is 10.1 Å². The van der Waals surface area contributed by atoms with Crippen LogP contribution in [0.2, 0.25) is 0 Å². The van der Waals surface area contributed by atoms with Gasteiger partial charge in [0.25, 0.3) is 5.91 Å². The van der Waals surface area contributed by atoms with Crippen LogP contribution in [0, 0.1) is 0 Å². The SMILES string of the molecule is O=C(NCc1ccccc1OC(F)F)c1ccc(CN2C(=O)CCC2=O)cc1. The molecule has 8 heteroatoms. The van der Waals surface area contributed by atoms with Crippen LogP contribution in [0.4, 0.5) is 8.78 Å². The van der Waals surface area contributed by atoms with Crippen molar-refractivity contribution in [3.63, 3.8) is 0 Å². The molecule has 0 bridgehead atoms. The molecule has 0 saturated carbocycles. The molecule has 1 saturated heterocycles. The summed E-state index contributed by atoms with van der Waals surface area (Å²) in [6.07, 6.45) is 0.464. The number of ether oxygens (including phenoxy) is 1. The molecular formula is C20H18F2N2O4. The highest BCUT2D eigenvalue weighted by molar-refractivity contribution is 6.01. The van der Waals surface area contributed by atoms with Gasteiger partial charge in [0.15, 0.2) is 0 Å². The molecule has 0 aliphatic carbocycles. The number of para-hydroxylation sites is 1. The van der Waals surface area contributed by atoms with Crippen LogP contribution in [-0.2, 0) is 22.7 Å². The molecule has 1 aliphatic heterocycles. The maximum Gasteiger partial charge on any atom is 0.387 e. The number of carbonyl (C=O) groups is 3. The zero-order valence-electron chi connectivity index (χ0n) is 14.9. The summed E-state index contributed by atoms with van der Waals surface area (Å²) in [7, 11) is 0. The van der Waals surface area contributed by atoms with Gasteiger partial charge in [0, 0.05) is 30.5 Å². The number of likely N-dealkylation sites (tertiary alicyclic amines) is 1. The number of hydrogen-bond donors (Lipinski definition) is 1. The summed E-state index contributed by atoms with van der Waals surface area (Å²) in [5.41, 5.74) is 1.53. The zero-order valence-corrected chi connectivity index (χ0v) is 14.9. The van der Waals surface area contributed by atoms with Crippen molar-refractivity contribution in [2.24, 2.45) is 0 Å². The lowest BCUT2D eigenvalue weighted by Gasteiger charge is -2.14. The fourth-order valence-electron chi connectivity index (χ4n) is 2.88. The van der Waals surface area contributed by atoms with Crippen LogP contribution in [0.1, 0.15) is 34.3 Å². The third kappa shape index (κ3) is 4.70. The van der Waals surface area contributed by atoms with Crippen LogP contribution in [0.3, 0.4) is 0 Å². The maximum absolute atomic E-state index is 12.4. The standard InChI is InChI=1S/C20H18F2N2O4/c21-20(22)28-16-4-2-1-3-15(16)11-23-19(27)14-7-5-13(6-8-14)12-24-17(25)9-10-18(24)26/h1-8,20H,9-12H2,(H,23,27). The Kier molecular flexibility index (Phi) is 5.98. The minimum absolute atomic E-state index is 0.00750. The second-order valence-corrected chi connectivity index (χ2v) is 6.24. The molecule has 1 heterocycles. The van der Waals surface area contributed by atoms with Crippen LogP contribution >= 0.6 is 0 Å². The fourth-order valence-corrected chi connectivity index (χ4v) is 2.88. The molecule has 0 aromatic heterocycles. The van der Waals surface area contributed by atoms with Crippen molar-refractivity contribution in [3.05, 3.63) is 65.2 Å². The van der Waals surface area contributed by atoms with Crippen LogP contribution in [0.5, 0.6) is 5.75 Å². The quantitative estimate of drug-likeness (QED) is 0.740. The van der Waals surface area contributed by atoms with Gasteiger partial charge < -0.3 is 10.1 Å². The number of hydrogen-bond acceptors (Lipinski definition) is 4. The zero-order chi connectivity index (χ0) is 20.1. The molecule has 3 rings (SSSR count). The Labute approximate surface area is 160 Å². The Bertz CT molecular complexity index is 868. The van der Waals surface area contributed by atoms with Crippen LogP contribution in [-0.4, -0.2) is 29.2 Å². The number of nitrogens with zero attached hydrogens (tertiary/aromatic N) is 1. The first-order chi connectivity index (χ1) is 13.4. The van der Waals surface area contributed by atoms with Gasteiger partial charge in [0.1, 0.15) is 5.75 Å². The molecule has 0 spiro atoms. The highest BCUT2D eigenvalue weighted by atomic mass is 19.3. The Morgan fingerprint density at radius 2 is 1.68 bits per heavy atom. The molecule has 2 aromatic carbocycles. The van der Waals surface area contributed by atoms with Gasteiger partial charge in [0.2, 0.25) is 11.8 Å². The number of benzene rings is 2. The van der Waals surface area contributed by atoms with Gasteiger partial charge in [-0.15, -0.1) is 0 Å². The van der Waals surface area contributed by atoms with Gasteiger partial charge in [-0.1, -0.05) is 30.3 Å². The van der Waals surface area contributed by atoms with Gasteiger partial charge in [0.05, 0.1) is 6.54 Å². The predicted molar refractivity (Wildman–Crippen MR) is 95.5 cm³/mol. The molecule has 1 aliphatic rings. The normalized spacial score (nSPS) is 13.9. The monoisotopic (exact) mass is 388 g/mol. The Hall–Kier alpha value is -3.29. The molecule has 1 N–H and O–H groups in total. The van der Waals surface area contributed by atoms with Crippen molar-refractivity contribution in [1.29, 1.82) is 0 Å². The molecule has 0 radical (unpaired) electrons. The van der Waals surface area contributed by atoms with E-state index in [0.29, 0.717) is 11.1 Å². The van der Waals surface area contributed by atoms with Gasteiger partial charge in [-0.3, -0.25) is 19.3 Å². The smallest absolute Gasteiger partial charge is 0.387 e. The van der Waals surface area contributed by atoms with E-state index in [9.17, 15) is 23.2 Å². The average molecular weight is 388 g/mol. The van der Waals surface area contributed by atoms with Crippen molar-refractivity contribution >= 4 is 17.7 Å². The van der Waals surface area contributed by atoms with Crippen molar-refractivity contribution < 1.29 is 27.9 Å². The number of carbonyl (C=O) groups excluding carboxylic acids is 3. The minimum Gasteiger partial charge on any atom is -0.434 e. The molecule has 3 amide bonds. The highest BCUT2D eigenvalue weighted by Gasteiger charge is 2.28. The number of nitrogens with one attached hydrogen (secondary N) is 1. The highest BCUT2D eigenvalue weighted by Crippen LogP contribution is 2.20. The summed E-state index contributed by atoms with van der Waals surface area (Å²) in [4.78, 5) is 36.8. The summed E-state index contributed by atoms with van der Waals surface area (Å²) in [5, 5.41) is 2.65. The number of rotatable bonds is 7. The van der Waals surface area contributed by atoms with E-state index >= 15 is 0 Å². The average Bonchev–Trinajstić information content (AvgIpc) is 2.99. The molecule has 1 fully saturated rings. The molecule has 2 aromatic rings. The van der Waals surface area contributed by atoms with Crippen molar-refractivity contribution in [3.8, 4) is 5.75 Å². The summed E-state index contributed by atoms with van der Waals surface area (Å²) in [6, 6.07) is 12.7. The third-order valence-electron chi connectivity index (χ3n) is 4.34. The third-order valence-corrected chi connectivity index (χ3v) is 4.34. The lowest BCUT2D eigenvalue weighted by atomic mass is 10.1. The summed E-state index contributed by atoms with van der Waals surface area (Å²) in [6.45, 7) is -2.74. The van der Waals surface area contributed by atoms with Crippen molar-refractivity contribution in [1.82, 2.24) is 10.2 Å². The number of imide groups is 1. The van der Waals surface area contributed by atoms with E-state index in [4.69, 9.17) is 0 Å². The van der Waals surface area contributed by atoms with E-state index in [2.05, 4.69) is 10.1 Å². The van der Waals surface area contributed by atoms with Crippen LogP contribution in [0.15, 0.2) is 48.5 Å². The van der Waals surface area contributed by atoms with Crippen molar-refractivity contribution in [2.45, 2.75) is 32.5 Å². The topological polar surface area (TPSA) is 75.7 Å². The van der Waals surface area contributed by atoms with E-state index in [-0.39, 0.29) is 49.4 Å². The van der Waals surface area contributed by atoms with E-state index in [1.807, 2.05) is 0 Å². The Morgan fingerprint density at radius 3 is 2.32 bits per heavy atom. The predicted octanol–water partition coefficient (Wildman–Crippen LogP) is 2.87. The van der Waals surface area contributed by atoms with Gasteiger partial charge >= 0.3 is 6.61 Å². The van der Waals surface area contributed by atoms with Crippen molar-refractivity contribution in [2.75, 3.05) is 0 Å². The largest absolute Gasteiger partial charge is 0.434 e. The van der Waals surface area contributed by atoms with Crippen LogP contribution in [0.25, 0.3) is 0 Å². The molecule has 6 nitrogen and oxygen atoms in total. The first-order valence-corrected chi connectivity index (χ1v) is 8.67. The van der Waals surface area contributed by atoms with E-state index in [1.54, 1.807) is 42.5 Å². The van der Waals surface area contributed by atoms with Gasteiger partial charge in [-0.2, -0.15) is 8.78 Å². The second-order valence-electron chi connectivity index (χ2n) is 6.24. The molecule has 28 heavy (non-hydrogen) atoms. The lowest BCUT2D eigenvalue weighted by Crippen LogP contribution is -2.28. The minimum atomic E-state index is -2.95. The Morgan fingerprint density at radius 1 is 1.04 bits per heavy atom. The summed E-state index contributed by atoms with van der Waals surface area (Å²) >= 11 is 0.